The molecule has 2 aromatic rings. The number of pyridine rings is 1. The normalized spacial score (nSPS) is 15.0. The molecule has 0 saturated heterocycles. The summed E-state index contributed by atoms with van der Waals surface area (Å²) in [5.74, 6) is -0.0820. The van der Waals surface area contributed by atoms with E-state index in [1.165, 1.54) is 11.6 Å². The lowest BCUT2D eigenvalue weighted by Gasteiger charge is -2.04. The predicted molar refractivity (Wildman–Crippen MR) is 74.9 cm³/mol. The third-order valence-corrected chi connectivity index (χ3v) is 4.62. The second-order valence-corrected chi connectivity index (χ2v) is 6.36. The van der Waals surface area contributed by atoms with Crippen LogP contribution in [-0.4, -0.2) is 19.2 Å². The van der Waals surface area contributed by atoms with Gasteiger partial charge < -0.3 is 0 Å². The molecule has 0 unspecified atom stereocenters. The summed E-state index contributed by atoms with van der Waals surface area (Å²) in [6.45, 7) is 0. The van der Waals surface area contributed by atoms with E-state index in [0.29, 0.717) is 16.7 Å². The van der Waals surface area contributed by atoms with Crippen LogP contribution in [0.5, 0.6) is 0 Å². The van der Waals surface area contributed by atoms with Crippen LogP contribution in [0.3, 0.4) is 0 Å². The van der Waals surface area contributed by atoms with Gasteiger partial charge in [0.1, 0.15) is 0 Å². The third-order valence-electron chi connectivity index (χ3n) is 3.16. The molecule has 3 rings (SSSR count). The van der Waals surface area contributed by atoms with Gasteiger partial charge in [-0.1, -0.05) is 12.1 Å². The van der Waals surface area contributed by atoms with E-state index in [1.807, 2.05) is 0 Å². The van der Waals surface area contributed by atoms with Crippen molar-refractivity contribution in [1.82, 2.24) is 4.98 Å². The summed E-state index contributed by atoms with van der Waals surface area (Å²) in [5.41, 5.74) is 1.88. The number of Topliss-reactive ketones (excluding diaryl/α,β-unsaturated/α-hetero) is 1. The van der Waals surface area contributed by atoms with Gasteiger partial charge in [-0.15, -0.1) is 0 Å². The predicted octanol–water partition coefficient (Wildman–Crippen LogP) is 2.27. The van der Waals surface area contributed by atoms with Crippen LogP contribution in [0.25, 0.3) is 6.08 Å². The SMILES string of the molecule is O=C(Cc1ccc2c(c1)S(=O)(=O)C=C2)c1cccnc1. The van der Waals surface area contributed by atoms with Gasteiger partial charge in [0.25, 0.3) is 0 Å². The van der Waals surface area contributed by atoms with Crippen molar-refractivity contribution in [3.05, 3.63) is 64.8 Å². The number of hydrogen-bond donors (Lipinski definition) is 0. The summed E-state index contributed by atoms with van der Waals surface area (Å²) in [6, 6.07) is 8.46. The molecule has 0 radical (unpaired) electrons. The maximum Gasteiger partial charge on any atom is 0.200 e. The fraction of sp³-hybridized carbons (Fsp3) is 0.0667. The van der Waals surface area contributed by atoms with E-state index in [0.717, 1.165) is 0 Å². The first-order valence-corrected chi connectivity index (χ1v) is 7.60. The van der Waals surface area contributed by atoms with Crippen LogP contribution in [-0.2, 0) is 16.3 Å². The summed E-state index contributed by atoms with van der Waals surface area (Å²) >= 11 is 0. The molecule has 0 atom stereocenters. The highest BCUT2D eigenvalue weighted by atomic mass is 32.2. The van der Waals surface area contributed by atoms with Crippen molar-refractivity contribution < 1.29 is 13.2 Å². The van der Waals surface area contributed by atoms with Crippen molar-refractivity contribution >= 4 is 21.7 Å². The summed E-state index contributed by atoms with van der Waals surface area (Å²) in [4.78, 5) is 16.2. The standard InChI is InChI=1S/C15H11NO3S/c17-14(13-2-1-6-16-10-13)8-11-3-4-12-5-7-20(18,19)15(12)9-11/h1-7,9-10H,8H2. The monoisotopic (exact) mass is 285 g/mol. The lowest BCUT2D eigenvalue weighted by Crippen LogP contribution is -2.05. The zero-order valence-electron chi connectivity index (χ0n) is 10.5. The molecule has 0 saturated carbocycles. The Morgan fingerprint density at radius 3 is 2.80 bits per heavy atom. The second-order valence-electron chi connectivity index (χ2n) is 4.56. The molecule has 0 fully saturated rings. The van der Waals surface area contributed by atoms with Gasteiger partial charge in [0, 0.05) is 29.8 Å². The van der Waals surface area contributed by atoms with E-state index in [-0.39, 0.29) is 17.1 Å². The first-order chi connectivity index (χ1) is 9.56. The Labute approximate surface area is 116 Å². The Morgan fingerprint density at radius 1 is 1.20 bits per heavy atom. The molecule has 5 heteroatoms. The number of nitrogens with zero attached hydrogens (tertiary/aromatic N) is 1. The van der Waals surface area contributed by atoms with Gasteiger partial charge in [0.2, 0.25) is 0 Å². The van der Waals surface area contributed by atoms with E-state index in [1.54, 1.807) is 42.6 Å². The zero-order valence-corrected chi connectivity index (χ0v) is 11.3. The number of hydrogen-bond acceptors (Lipinski definition) is 4. The van der Waals surface area contributed by atoms with Crippen LogP contribution in [0.4, 0.5) is 0 Å². The van der Waals surface area contributed by atoms with Gasteiger partial charge in [-0.05, 0) is 35.4 Å². The zero-order chi connectivity index (χ0) is 14.2. The quantitative estimate of drug-likeness (QED) is 0.811. The molecule has 1 aliphatic rings. The number of carbonyl (C=O) groups is 1. The smallest absolute Gasteiger partial charge is 0.200 e. The number of aromatic nitrogens is 1. The minimum atomic E-state index is -3.33. The van der Waals surface area contributed by atoms with Crippen molar-refractivity contribution in [3.8, 4) is 0 Å². The molecule has 1 aliphatic heterocycles. The van der Waals surface area contributed by atoms with E-state index in [4.69, 9.17) is 0 Å². The first kappa shape index (κ1) is 12.7. The maximum atomic E-state index is 12.1. The molecule has 0 spiro atoms. The number of ketones is 1. The molecule has 0 bridgehead atoms. The minimum Gasteiger partial charge on any atom is -0.294 e. The molecule has 20 heavy (non-hydrogen) atoms. The fourth-order valence-corrected chi connectivity index (χ4v) is 3.38. The molecular weight excluding hydrogens is 274 g/mol. The van der Waals surface area contributed by atoms with Gasteiger partial charge in [-0.2, -0.15) is 0 Å². The van der Waals surface area contributed by atoms with E-state index in [2.05, 4.69) is 4.98 Å². The first-order valence-electron chi connectivity index (χ1n) is 6.05. The van der Waals surface area contributed by atoms with Crippen LogP contribution < -0.4 is 0 Å². The summed E-state index contributed by atoms with van der Waals surface area (Å²) in [5, 5.41) is 1.18. The molecule has 0 N–H and O–H groups in total. The number of sulfone groups is 1. The summed E-state index contributed by atoms with van der Waals surface area (Å²) in [6.07, 6.45) is 4.84. The molecule has 1 aromatic heterocycles. The van der Waals surface area contributed by atoms with Gasteiger partial charge in [0.05, 0.1) is 4.90 Å². The number of fused-ring (bicyclic) bond motifs is 1. The van der Waals surface area contributed by atoms with Crippen molar-refractivity contribution in [2.45, 2.75) is 11.3 Å². The van der Waals surface area contributed by atoms with Gasteiger partial charge in [0.15, 0.2) is 15.6 Å². The van der Waals surface area contributed by atoms with E-state index < -0.39 is 9.84 Å². The molecule has 0 amide bonds. The average Bonchev–Trinajstić information content (AvgIpc) is 2.75. The Morgan fingerprint density at radius 2 is 2.05 bits per heavy atom. The largest absolute Gasteiger partial charge is 0.294 e. The van der Waals surface area contributed by atoms with Crippen molar-refractivity contribution in [3.63, 3.8) is 0 Å². The van der Waals surface area contributed by atoms with Crippen LogP contribution >= 0.6 is 0 Å². The Kier molecular flexibility index (Phi) is 2.99. The average molecular weight is 285 g/mol. The molecular formula is C15H11NO3S. The van der Waals surface area contributed by atoms with E-state index in [9.17, 15) is 13.2 Å². The fourth-order valence-electron chi connectivity index (χ4n) is 2.12. The van der Waals surface area contributed by atoms with Crippen LogP contribution in [0.2, 0.25) is 0 Å². The van der Waals surface area contributed by atoms with Gasteiger partial charge in [-0.25, -0.2) is 8.42 Å². The Bertz CT molecular complexity index is 808. The van der Waals surface area contributed by atoms with Crippen molar-refractivity contribution in [1.29, 1.82) is 0 Å². The Balaban J connectivity index is 1.89. The Hall–Kier alpha value is -2.27. The third kappa shape index (κ3) is 2.28. The van der Waals surface area contributed by atoms with Crippen LogP contribution in [0.15, 0.2) is 53.0 Å². The highest BCUT2D eigenvalue weighted by molar-refractivity contribution is 7.94. The van der Waals surface area contributed by atoms with Gasteiger partial charge in [-0.3, -0.25) is 9.78 Å². The number of benzene rings is 1. The van der Waals surface area contributed by atoms with Crippen LogP contribution in [0.1, 0.15) is 21.5 Å². The molecule has 0 aliphatic carbocycles. The summed E-state index contributed by atoms with van der Waals surface area (Å²) in [7, 11) is -3.33. The van der Waals surface area contributed by atoms with E-state index >= 15 is 0 Å². The van der Waals surface area contributed by atoms with Crippen molar-refractivity contribution in [2.75, 3.05) is 0 Å². The number of carbonyl (C=O) groups excluding carboxylic acids is 1. The highest BCUT2D eigenvalue weighted by Gasteiger charge is 2.21. The molecule has 4 nitrogen and oxygen atoms in total. The van der Waals surface area contributed by atoms with Gasteiger partial charge >= 0.3 is 0 Å². The maximum absolute atomic E-state index is 12.1. The summed E-state index contributed by atoms with van der Waals surface area (Å²) < 4.78 is 23.6. The van der Waals surface area contributed by atoms with Crippen LogP contribution in [0, 0.1) is 0 Å². The lowest BCUT2D eigenvalue weighted by atomic mass is 10.0. The van der Waals surface area contributed by atoms with Crippen molar-refractivity contribution in [2.24, 2.45) is 0 Å². The second kappa shape index (κ2) is 4.68. The lowest BCUT2D eigenvalue weighted by molar-refractivity contribution is 0.0992. The molecule has 100 valence electrons. The molecule has 2 heterocycles. The molecule has 1 aromatic carbocycles. The number of rotatable bonds is 3. The highest BCUT2D eigenvalue weighted by Crippen LogP contribution is 2.27. The minimum absolute atomic E-state index is 0.0820. The topological polar surface area (TPSA) is 64.1 Å².